The number of aliphatic hydroxyl groups excluding tert-OH is 2. The zero-order valence-corrected chi connectivity index (χ0v) is 12.9. The summed E-state index contributed by atoms with van der Waals surface area (Å²) in [5, 5.41) is 19.3. The van der Waals surface area contributed by atoms with E-state index in [9.17, 15) is 23.4 Å². The quantitative estimate of drug-likeness (QED) is 0.770. The van der Waals surface area contributed by atoms with Gasteiger partial charge in [-0.05, 0) is 49.4 Å². The van der Waals surface area contributed by atoms with Crippen molar-refractivity contribution in [2.45, 2.75) is 57.9 Å². The van der Waals surface area contributed by atoms with Crippen LogP contribution in [0.2, 0.25) is 0 Å². The number of aliphatic hydroxyl groups is 2. The highest BCUT2D eigenvalue weighted by Gasteiger charge is 2.31. The first-order valence-electron chi connectivity index (χ1n) is 7.48. The average molecular weight is 320 g/mol. The Morgan fingerprint density at radius 1 is 1.14 bits per heavy atom. The molecule has 0 heterocycles. The number of aryl methyl sites for hydroxylation is 1. The lowest BCUT2D eigenvalue weighted by molar-refractivity contribution is -0.137. The lowest BCUT2D eigenvalue weighted by Crippen LogP contribution is -2.25. The van der Waals surface area contributed by atoms with Gasteiger partial charge in [-0.15, -0.1) is 0 Å². The summed E-state index contributed by atoms with van der Waals surface area (Å²) in [4.78, 5) is 0. The first-order chi connectivity index (χ1) is 10.3. The second-order valence-electron chi connectivity index (χ2n) is 5.25. The van der Waals surface area contributed by atoms with Gasteiger partial charge in [-0.2, -0.15) is 13.2 Å². The topological polar surface area (TPSA) is 49.7 Å². The molecule has 126 valence electrons. The molecule has 0 saturated heterocycles. The second-order valence-corrected chi connectivity index (χ2v) is 5.25. The fraction of sp³-hybridized carbons (Fsp3) is 0.625. The Morgan fingerprint density at radius 2 is 1.82 bits per heavy atom. The van der Waals surface area contributed by atoms with Crippen molar-refractivity contribution in [1.82, 2.24) is 0 Å². The Labute approximate surface area is 128 Å². The van der Waals surface area contributed by atoms with Crippen LogP contribution in [0.4, 0.5) is 13.2 Å². The number of benzene rings is 1. The Hall–Kier alpha value is -1.27. The van der Waals surface area contributed by atoms with Gasteiger partial charge >= 0.3 is 6.18 Å². The van der Waals surface area contributed by atoms with Gasteiger partial charge in [0.05, 0.1) is 24.4 Å². The Morgan fingerprint density at radius 3 is 2.36 bits per heavy atom. The molecule has 3 nitrogen and oxygen atoms in total. The molecule has 1 aromatic rings. The van der Waals surface area contributed by atoms with E-state index in [4.69, 9.17) is 4.74 Å². The molecule has 0 aromatic heterocycles. The van der Waals surface area contributed by atoms with Crippen molar-refractivity contribution in [3.63, 3.8) is 0 Å². The van der Waals surface area contributed by atoms with Crippen LogP contribution in [0.1, 0.15) is 44.2 Å². The van der Waals surface area contributed by atoms with Gasteiger partial charge < -0.3 is 14.9 Å². The maximum Gasteiger partial charge on any atom is 0.416 e. The molecule has 0 spiro atoms. The van der Waals surface area contributed by atoms with Crippen molar-refractivity contribution in [3.8, 4) is 5.75 Å². The first kappa shape index (κ1) is 18.8. The predicted octanol–water partition coefficient (Wildman–Crippen LogP) is 3.56. The summed E-state index contributed by atoms with van der Waals surface area (Å²) in [6.07, 6.45) is -4.72. The number of hydrogen-bond acceptors (Lipinski definition) is 3. The number of ether oxygens (including phenoxy) is 1. The Balaban J connectivity index is 2.91. The summed E-state index contributed by atoms with van der Waals surface area (Å²) in [6.45, 7) is 4.05. The summed E-state index contributed by atoms with van der Waals surface area (Å²) in [5.74, 6) is 0.396. The van der Waals surface area contributed by atoms with Gasteiger partial charge in [0.2, 0.25) is 0 Å². The van der Waals surface area contributed by atoms with Crippen LogP contribution in [0.5, 0.6) is 5.75 Å². The molecule has 0 saturated carbocycles. The van der Waals surface area contributed by atoms with Crippen LogP contribution in [-0.2, 0) is 12.6 Å². The van der Waals surface area contributed by atoms with E-state index in [1.165, 1.54) is 6.07 Å². The molecule has 2 unspecified atom stereocenters. The SMILES string of the molecule is CCCOc1ccc(C(F)(F)F)cc1CCC(O)C(O)CC. The van der Waals surface area contributed by atoms with Gasteiger partial charge in [-0.1, -0.05) is 13.8 Å². The second kappa shape index (κ2) is 8.39. The van der Waals surface area contributed by atoms with Crippen LogP contribution in [0, 0.1) is 0 Å². The van der Waals surface area contributed by atoms with E-state index < -0.39 is 23.9 Å². The van der Waals surface area contributed by atoms with Gasteiger partial charge in [0.15, 0.2) is 0 Å². The van der Waals surface area contributed by atoms with Crippen LogP contribution in [-0.4, -0.2) is 29.0 Å². The van der Waals surface area contributed by atoms with E-state index >= 15 is 0 Å². The standard InChI is InChI=1S/C16H23F3O3/c1-3-9-22-15-8-6-12(16(17,18)19)10-11(15)5-7-14(21)13(20)4-2/h6,8,10,13-14,20-21H,3-5,7,9H2,1-2H3. The molecule has 0 amide bonds. The van der Waals surface area contributed by atoms with Gasteiger partial charge in [0.1, 0.15) is 5.75 Å². The molecule has 1 aromatic carbocycles. The van der Waals surface area contributed by atoms with Crippen molar-refractivity contribution in [1.29, 1.82) is 0 Å². The van der Waals surface area contributed by atoms with Crippen molar-refractivity contribution in [2.24, 2.45) is 0 Å². The molecular weight excluding hydrogens is 297 g/mol. The fourth-order valence-electron chi connectivity index (χ4n) is 2.07. The van der Waals surface area contributed by atoms with E-state index in [1.807, 2.05) is 6.92 Å². The largest absolute Gasteiger partial charge is 0.493 e. The lowest BCUT2D eigenvalue weighted by atomic mass is 10.00. The summed E-state index contributed by atoms with van der Waals surface area (Å²) >= 11 is 0. The highest BCUT2D eigenvalue weighted by atomic mass is 19.4. The zero-order valence-electron chi connectivity index (χ0n) is 12.9. The molecule has 6 heteroatoms. The molecule has 0 aliphatic carbocycles. The van der Waals surface area contributed by atoms with Gasteiger partial charge in [0, 0.05) is 0 Å². The van der Waals surface area contributed by atoms with Gasteiger partial charge in [-0.3, -0.25) is 0 Å². The molecular formula is C16H23F3O3. The van der Waals surface area contributed by atoms with Gasteiger partial charge in [-0.25, -0.2) is 0 Å². The number of alkyl halides is 3. The van der Waals surface area contributed by atoms with E-state index in [2.05, 4.69) is 0 Å². The molecule has 0 radical (unpaired) electrons. The van der Waals surface area contributed by atoms with E-state index in [-0.39, 0.29) is 12.8 Å². The molecule has 1 rings (SSSR count). The minimum Gasteiger partial charge on any atom is -0.493 e. The highest BCUT2D eigenvalue weighted by molar-refractivity contribution is 5.38. The zero-order chi connectivity index (χ0) is 16.8. The van der Waals surface area contributed by atoms with Crippen LogP contribution in [0.15, 0.2) is 18.2 Å². The van der Waals surface area contributed by atoms with Crippen LogP contribution in [0.25, 0.3) is 0 Å². The van der Waals surface area contributed by atoms with Crippen LogP contribution >= 0.6 is 0 Å². The molecule has 22 heavy (non-hydrogen) atoms. The average Bonchev–Trinajstić information content (AvgIpc) is 2.48. The molecule has 2 N–H and O–H groups in total. The maximum atomic E-state index is 12.8. The molecule has 0 fully saturated rings. The van der Waals surface area contributed by atoms with E-state index in [0.29, 0.717) is 24.3 Å². The number of hydrogen-bond donors (Lipinski definition) is 2. The molecule has 0 aliphatic rings. The summed E-state index contributed by atoms with van der Waals surface area (Å²) in [5.41, 5.74) is -0.345. The normalized spacial score (nSPS) is 14.7. The summed E-state index contributed by atoms with van der Waals surface area (Å²) < 4.78 is 43.9. The molecule has 0 bridgehead atoms. The Kier molecular flexibility index (Phi) is 7.16. The Bertz CT molecular complexity index is 460. The summed E-state index contributed by atoms with van der Waals surface area (Å²) in [6, 6.07) is 3.36. The molecule has 0 aliphatic heterocycles. The van der Waals surface area contributed by atoms with Crippen LogP contribution in [0.3, 0.4) is 0 Å². The molecule has 2 atom stereocenters. The monoisotopic (exact) mass is 320 g/mol. The van der Waals surface area contributed by atoms with E-state index in [1.54, 1.807) is 6.92 Å². The number of halogens is 3. The fourth-order valence-corrected chi connectivity index (χ4v) is 2.07. The predicted molar refractivity (Wildman–Crippen MR) is 77.9 cm³/mol. The van der Waals surface area contributed by atoms with Crippen molar-refractivity contribution < 1.29 is 28.1 Å². The summed E-state index contributed by atoms with van der Waals surface area (Å²) in [7, 11) is 0. The third-order valence-corrected chi connectivity index (χ3v) is 3.42. The first-order valence-corrected chi connectivity index (χ1v) is 7.48. The lowest BCUT2D eigenvalue weighted by Gasteiger charge is -2.18. The highest BCUT2D eigenvalue weighted by Crippen LogP contribution is 2.33. The minimum absolute atomic E-state index is 0.179. The van der Waals surface area contributed by atoms with Crippen molar-refractivity contribution >= 4 is 0 Å². The minimum atomic E-state index is -4.42. The van der Waals surface area contributed by atoms with Crippen molar-refractivity contribution in [2.75, 3.05) is 6.61 Å². The third kappa shape index (κ3) is 5.50. The smallest absolute Gasteiger partial charge is 0.416 e. The van der Waals surface area contributed by atoms with Crippen LogP contribution < -0.4 is 4.74 Å². The number of rotatable bonds is 8. The van der Waals surface area contributed by atoms with E-state index in [0.717, 1.165) is 18.6 Å². The third-order valence-electron chi connectivity index (χ3n) is 3.42. The van der Waals surface area contributed by atoms with Gasteiger partial charge in [0.25, 0.3) is 0 Å². The maximum absolute atomic E-state index is 12.8. The van der Waals surface area contributed by atoms with Crippen molar-refractivity contribution in [3.05, 3.63) is 29.3 Å².